The van der Waals surface area contributed by atoms with E-state index in [0.717, 1.165) is 0 Å². The number of halogens is 3. The first-order chi connectivity index (χ1) is 26.9. The van der Waals surface area contributed by atoms with Crippen LogP contribution in [0.15, 0.2) is 110 Å². The maximum atomic E-state index is 14.1. The molecule has 0 unspecified atom stereocenters. The van der Waals surface area contributed by atoms with Gasteiger partial charge in [0, 0.05) is 75.5 Å². The minimum absolute atomic E-state index is 0.00533. The third-order valence-corrected chi connectivity index (χ3v) is 8.01. The van der Waals surface area contributed by atoms with Crippen molar-refractivity contribution in [3.63, 3.8) is 0 Å². The molecule has 8 rings (SSSR count). The summed E-state index contributed by atoms with van der Waals surface area (Å²) < 4.78 is 31.7. The zero-order valence-electron chi connectivity index (χ0n) is 29.2. The van der Waals surface area contributed by atoms with Crippen LogP contribution in [0.2, 0.25) is 5.15 Å². The molecule has 0 aliphatic carbocycles. The summed E-state index contributed by atoms with van der Waals surface area (Å²) in [5.41, 5.74) is 9.60. The molecule has 6 heterocycles. The fourth-order valence-corrected chi connectivity index (χ4v) is 5.45. The Bertz CT molecular complexity index is 2490. The number of aliphatic hydroxyl groups is 2. The van der Waals surface area contributed by atoms with Crippen molar-refractivity contribution in [3.05, 3.63) is 150 Å². The highest BCUT2D eigenvalue weighted by Gasteiger charge is 2.15. The topological polar surface area (TPSA) is 190 Å². The Balaban J connectivity index is 0.000000172. The Morgan fingerprint density at radius 2 is 1.15 bits per heavy atom. The van der Waals surface area contributed by atoms with Crippen LogP contribution in [0.1, 0.15) is 22.5 Å². The van der Waals surface area contributed by atoms with E-state index >= 15 is 0 Å². The van der Waals surface area contributed by atoms with Gasteiger partial charge >= 0.3 is 0 Å². The van der Waals surface area contributed by atoms with Crippen molar-refractivity contribution in [2.45, 2.75) is 12.8 Å². The monoisotopic (exact) mass is 764 g/mol. The van der Waals surface area contributed by atoms with Crippen LogP contribution in [0.5, 0.6) is 0 Å². The van der Waals surface area contributed by atoms with Gasteiger partial charge in [0.15, 0.2) is 22.9 Å². The highest BCUT2D eigenvalue weighted by atomic mass is 35.5. The summed E-state index contributed by atoms with van der Waals surface area (Å²) in [7, 11) is 0. The van der Waals surface area contributed by atoms with E-state index in [1.807, 2.05) is 8.80 Å². The zero-order valence-corrected chi connectivity index (χ0v) is 30.0. The van der Waals surface area contributed by atoms with Crippen LogP contribution in [-0.4, -0.2) is 85.2 Å². The molecule has 6 aromatic heterocycles. The fraction of sp³-hybridized carbons (Fsp3) is 0.158. The van der Waals surface area contributed by atoms with Crippen molar-refractivity contribution in [2.75, 3.05) is 31.6 Å². The molecule has 0 radical (unpaired) electrons. The standard InChI is InChI=1S/C19H17FN6O.C17H11ClFN5.C2H7NO/c20-14-4-2-1-3-13(14)11-15-19-23-7-9-26(19)12-16(24-15)18-22-6-5-17(25-18)21-8-10-27;18-15-5-6-20-16(23-15)14-10-24-8-7-21-17(24)13(22-14)9-11-3-1-2-4-12(11)19;3-1-2-4/h1-7,9,12,27H,8,10-11H2,(H,21,22,25);1-8,10H,9H2;4H,1-3H2. The van der Waals surface area contributed by atoms with Gasteiger partial charge in [-0.3, -0.25) is 0 Å². The van der Waals surface area contributed by atoms with E-state index in [9.17, 15) is 8.78 Å². The second-order valence-electron chi connectivity index (χ2n) is 11.6. The van der Waals surface area contributed by atoms with Crippen molar-refractivity contribution in [1.82, 2.24) is 48.7 Å². The summed E-state index contributed by atoms with van der Waals surface area (Å²) in [5.74, 6) is 0.891. The fourth-order valence-electron chi connectivity index (χ4n) is 5.32. The lowest BCUT2D eigenvalue weighted by molar-refractivity contribution is 0.306. The molecule has 280 valence electrons. The average Bonchev–Trinajstić information content (AvgIpc) is 3.90. The number of imidazole rings is 2. The smallest absolute Gasteiger partial charge is 0.181 e. The quantitative estimate of drug-likeness (QED) is 0.139. The minimum atomic E-state index is -0.277. The van der Waals surface area contributed by atoms with Crippen LogP contribution in [0.3, 0.4) is 0 Å². The molecule has 0 spiro atoms. The molecular formula is C38H35ClF2N12O2. The van der Waals surface area contributed by atoms with Crippen molar-refractivity contribution in [2.24, 2.45) is 5.73 Å². The van der Waals surface area contributed by atoms with E-state index in [-0.39, 0.29) is 24.8 Å². The Morgan fingerprint density at radius 1 is 0.636 bits per heavy atom. The molecule has 0 atom stereocenters. The number of rotatable bonds is 10. The van der Waals surface area contributed by atoms with E-state index in [1.165, 1.54) is 12.1 Å². The highest BCUT2D eigenvalue weighted by Crippen LogP contribution is 2.22. The molecular weight excluding hydrogens is 730 g/mol. The molecule has 0 saturated heterocycles. The molecule has 0 amide bonds. The number of aliphatic hydroxyl groups excluding tert-OH is 2. The summed E-state index contributed by atoms with van der Waals surface area (Å²) in [6.07, 6.45) is 14.3. The number of benzene rings is 2. The molecule has 0 aliphatic rings. The average molecular weight is 765 g/mol. The maximum absolute atomic E-state index is 14.1. The van der Waals surface area contributed by atoms with Crippen LogP contribution >= 0.6 is 11.6 Å². The van der Waals surface area contributed by atoms with Gasteiger partial charge in [-0.1, -0.05) is 48.0 Å². The van der Waals surface area contributed by atoms with Gasteiger partial charge in [0.25, 0.3) is 0 Å². The number of aromatic nitrogens is 10. The lowest BCUT2D eigenvalue weighted by Gasteiger charge is -2.09. The number of hydrogen-bond donors (Lipinski definition) is 4. The first-order valence-electron chi connectivity index (χ1n) is 17.0. The minimum Gasteiger partial charge on any atom is -0.395 e. The summed E-state index contributed by atoms with van der Waals surface area (Å²) in [5, 5.41) is 20.0. The summed E-state index contributed by atoms with van der Waals surface area (Å²) in [6, 6.07) is 16.6. The van der Waals surface area contributed by atoms with Crippen LogP contribution in [0.4, 0.5) is 14.6 Å². The van der Waals surface area contributed by atoms with Gasteiger partial charge in [0.1, 0.15) is 34.0 Å². The van der Waals surface area contributed by atoms with Gasteiger partial charge in [-0.15, -0.1) is 0 Å². The summed E-state index contributed by atoms with van der Waals surface area (Å²) >= 11 is 5.93. The van der Waals surface area contributed by atoms with Crippen LogP contribution in [0.25, 0.3) is 34.3 Å². The van der Waals surface area contributed by atoms with Gasteiger partial charge in [-0.2, -0.15) is 0 Å². The van der Waals surface area contributed by atoms with Gasteiger partial charge in [0.05, 0.1) is 24.6 Å². The molecule has 14 nitrogen and oxygen atoms in total. The van der Waals surface area contributed by atoms with E-state index in [1.54, 1.807) is 98.1 Å². The van der Waals surface area contributed by atoms with Gasteiger partial charge < -0.3 is 30.1 Å². The van der Waals surface area contributed by atoms with E-state index < -0.39 is 0 Å². The number of nitrogens with zero attached hydrogens (tertiary/aromatic N) is 10. The Labute approximate surface area is 318 Å². The first kappa shape index (κ1) is 38.4. The van der Waals surface area contributed by atoms with Crippen LogP contribution in [-0.2, 0) is 12.8 Å². The van der Waals surface area contributed by atoms with Crippen molar-refractivity contribution < 1.29 is 19.0 Å². The second-order valence-corrected chi connectivity index (χ2v) is 12.0. The summed E-state index contributed by atoms with van der Waals surface area (Å²) in [4.78, 5) is 35.0. The molecule has 5 N–H and O–H groups in total. The van der Waals surface area contributed by atoms with E-state index in [0.29, 0.717) is 93.7 Å². The third-order valence-electron chi connectivity index (χ3n) is 7.80. The van der Waals surface area contributed by atoms with E-state index in [4.69, 9.17) is 27.5 Å². The van der Waals surface area contributed by atoms with Crippen LogP contribution in [0, 0.1) is 11.6 Å². The third kappa shape index (κ3) is 9.81. The molecule has 0 bridgehead atoms. The Hall–Kier alpha value is -6.33. The predicted molar refractivity (Wildman–Crippen MR) is 203 cm³/mol. The largest absolute Gasteiger partial charge is 0.395 e. The number of nitrogens with two attached hydrogens (primary N) is 1. The maximum Gasteiger partial charge on any atom is 0.181 e. The lowest BCUT2D eigenvalue weighted by atomic mass is 10.1. The molecule has 17 heteroatoms. The lowest BCUT2D eigenvalue weighted by Crippen LogP contribution is -2.08. The summed E-state index contributed by atoms with van der Waals surface area (Å²) in [6.45, 7) is 0.869. The molecule has 55 heavy (non-hydrogen) atoms. The number of hydrogen-bond acceptors (Lipinski definition) is 12. The predicted octanol–water partition coefficient (Wildman–Crippen LogP) is 4.83. The molecule has 0 aliphatic heterocycles. The Morgan fingerprint density at radius 3 is 1.64 bits per heavy atom. The molecule has 0 saturated carbocycles. The molecule has 0 fully saturated rings. The first-order valence-corrected chi connectivity index (χ1v) is 17.3. The second kappa shape index (κ2) is 18.6. The highest BCUT2D eigenvalue weighted by molar-refractivity contribution is 6.29. The zero-order chi connectivity index (χ0) is 38.6. The number of fused-ring (bicyclic) bond motifs is 2. The van der Waals surface area contributed by atoms with Gasteiger partial charge in [-0.05, 0) is 35.4 Å². The molecule has 2 aromatic carbocycles. The van der Waals surface area contributed by atoms with Gasteiger partial charge in [-0.25, -0.2) is 48.7 Å². The van der Waals surface area contributed by atoms with Crippen molar-refractivity contribution in [3.8, 4) is 23.0 Å². The van der Waals surface area contributed by atoms with Gasteiger partial charge in [0.2, 0.25) is 0 Å². The SMILES string of the molecule is Fc1ccccc1Cc1nc(-c2nccc(Cl)n2)cn2ccnc12.NCCO.OCCNc1ccnc(-c2cn3ccnc3c(Cc3ccccc3F)n2)n1. The normalized spacial score (nSPS) is 10.8. The number of anilines is 1. The van der Waals surface area contributed by atoms with Crippen molar-refractivity contribution >= 4 is 28.7 Å². The van der Waals surface area contributed by atoms with Crippen molar-refractivity contribution in [1.29, 1.82) is 0 Å². The molecule has 8 aromatic rings. The Kier molecular flexibility index (Phi) is 13.0. The van der Waals surface area contributed by atoms with E-state index in [2.05, 4.69) is 45.2 Å². The van der Waals surface area contributed by atoms with Crippen LogP contribution < -0.4 is 11.1 Å². The number of nitrogens with one attached hydrogen (secondary N) is 1.